The van der Waals surface area contributed by atoms with Crippen molar-refractivity contribution in [3.8, 4) is 0 Å². The third kappa shape index (κ3) is 6.67. The maximum absolute atomic E-state index is 12.0. The molecule has 0 saturated heterocycles. The number of carbonyl (C=O) groups is 2. The van der Waals surface area contributed by atoms with Crippen LogP contribution in [0.4, 0.5) is 0 Å². The fraction of sp³-hybridized carbons (Fsp3) is 0.500. The summed E-state index contributed by atoms with van der Waals surface area (Å²) in [5.41, 5.74) is 1.18. The summed E-state index contributed by atoms with van der Waals surface area (Å²) in [5, 5.41) is 11.6. The minimum absolute atomic E-state index is 0.0988. The van der Waals surface area contributed by atoms with E-state index in [1.165, 1.54) is 5.56 Å². The van der Waals surface area contributed by atoms with E-state index in [1.54, 1.807) is 11.8 Å². The molecule has 0 aliphatic heterocycles. The smallest absolute Gasteiger partial charge is 0.308 e. The fourth-order valence-corrected chi connectivity index (χ4v) is 2.77. The topological polar surface area (TPSA) is 66.4 Å². The first kappa shape index (κ1) is 17.6. The summed E-state index contributed by atoms with van der Waals surface area (Å²) in [5.74, 6) is -0.669. The molecular weight excluding hydrogens is 286 g/mol. The van der Waals surface area contributed by atoms with Crippen LogP contribution in [0, 0.1) is 5.92 Å². The van der Waals surface area contributed by atoms with Crippen LogP contribution in [0.3, 0.4) is 0 Å². The predicted octanol–water partition coefficient (Wildman–Crippen LogP) is 2.93. The molecule has 0 heterocycles. The molecule has 1 aromatic carbocycles. The highest BCUT2D eigenvalue weighted by Gasteiger charge is 2.19. The molecule has 0 radical (unpaired) electrons. The molecule has 0 saturated carbocycles. The van der Waals surface area contributed by atoms with Gasteiger partial charge in [-0.3, -0.25) is 9.59 Å². The standard InChI is InChI=1S/C16H23NO3S/c1-3-7-14(16(19)20)10-17-15(18)12(2)21-11-13-8-5-4-6-9-13/h4-6,8-9,12,14H,3,7,10-11H2,1-2H3,(H,17,18)(H,19,20). The van der Waals surface area contributed by atoms with Gasteiger partial charge < -0.3 is 10.4 Å². The number of carboxylic acid groups (broad SMARTS) is 1. The van der Waals surface area contributed by atoms with Gasteiger partial charge in [-0.2, -0.15) is 0 Å². The summed E-state index contributed by atoms with van der Waals surface area (Å²) in [7, 11) is 0. The minimum Gasteiger partial charge on any atom is -0.481 e. The molecule has 0 spiro atoms. The summed E-state index contributed by atoms with van der Waals surface area (Å²) in [6, 6.07) is 9.97. The van der Waals surface area contributed by atoms with E-state index in [0.29, 0.717) is 6.42 Å². The van der Waals surface area contributed by atoms with Crippen LogP contribution in [-0.2, 0) is 15.3 Å². The van der Waals surface area contributed by atoms with Crippen LogP contribution in [0.25, 0.3) is 0 Å². The van der Waals surface area contributed by atoms with Crippen molar-refractivity contribution in [1.29, 1.82) is 0 Å². The normalized spacial score (nSPS) is 13.4. The Hall–Kier alpha value is -1.49. The van der Waals surface area contributed by atoms with E-state index in [1.807, 2.05) is 44.2 Å². The van der Waals surface area contributed by atoms with Gasteiger partial charge in [0.1, 0.15) is 0 Å². The van der Waals surface area contributed by atoms with Crippen molar-refractivity contribution < 1.29 is 14.7 Å². The Labute approximate surface area is 130 Å². The van der Waals surface area contributed by atoms with Gasteiger partial charge in [0, 0.05) is 12.3 Å². The number of nitrogens with one attached hydrogen (secondary N) is 1. The Morgan fingerprint density at radius 2 is 1.95 bits per heavy atom. The fourth-order valence-electron chi connectivity index (χ4n) is 1.90. The molecule has 0 fully saturated rings. The number of hydrogen-bond donors (Lipinski definition) is 2. The molecule has 0 bridgehead atoms. The molecule has 1 rings (SSSR count). The Balaban J connectivity index is 2.35. The molecule has 4 nitrogen and oxygen atoms in total. The first-order chi connectivity index (χ1) is 10.0. The highest BCUT2D eigenvalue weighted by atomic mass is 32.2. The summed E-state index contributed by atoms with van der Waals surface area (Å²) >= 11 is 1.55. The monoisotopic (exact) mass is 309 g/mol. The van der Waals surface area contributed by atoms with Crippen molar-refractivity contribution in [3.63, 3.8) is 0 Å². The van der Waals surface area contributed by atoms with E-state index < -0.39 is 11.9 Å². The van der Waals surface area contributed by atoms with Crippen LogP contribution in [0.5, 0.6) is 0 Å². The van der Waals surface area contributed by atoms with E-state index in [2.05, 4.69) is 5.32 Å². The molecule has 0 aromatic heterocycles. The quantitative estimate of drug-likeness (QED) is 0.736. The van der Waals surface area contributed by atoms with Crippen molar-refractivity contribution in [2.24, 2.45) is 5.92 Å². The van der Waals surface area contributed by atoms with Gasteiger partial charge in [0.2, 0.25) is 5.91 Å². The molecular formula is C16H23NO3S. The molecule has 2 unspecified atom stereocenters. The van der Waals surface area contributed by atoms with Gasteiger partial charge in [-0.15, -0.1) is 11.8 Å². The second-order valence-electron chi connectivity index (χ2n) is 5.01. The van der Waals surface area contributed by atoms with Crippen LogP contribution >= 0.6 is 11.8 Å². The summed E-state index contributed by atoms with van der Waals surface area (Å²) in [4.78, 5) is 23.0. The molecule has 2 N–H and O–H groups in total. The zero-order chi connectivity index (χ0) is 15.7. The Bertz CT molecular complexity index is 450. The van der Waals surface area contributed by atoms with Gasteiger partial charge in [0.25, 0.3) is 0 Å². The first-order valence-corrected chi connectivity index (χ1v) is 8.25. The van der Waals surface area contributed by atoms with E-state index in [9.17, 15) is 9.59 Å². The summed E-state index contributed by atoms with van der Waals surface area (Å²) < 4.78 is 0. The second kappa shape index (κ2) is 9.45. The van der Waals surface area contributed by atoms with Gasteiger partial charge >= 0.3 is 5.97 Å². The second-order valence-corrected chi connectivity index (χ2v) is 6.34. The van der Waals surface area contributed by atoms with E-state index in [0.717, 1.165) is 12.2 Å². The van der Waals surface area contributed by atoms with Crippen molar-refractivity contribution in [1.82, 2.24) is 5.32 Å². The largest absolute Gasteiger partial charge is 0.481 e. The average Bonchev–Trinajstić information content (AvgIpc) is 2.49. The molecule has 0 aliphatic rings. The zero-order valence-corrected chi connectivity index (χ0v) is 13.4. The van der Waals surface area contributed by atoms with Crippen LogP contribution in [0.2, 0.25) is 0 Å². The molecule has 5 heteroatoms. The van der Waals surface area contributed by atoms with Crippen molar-refractivity contribution in [2.45, 2.75) is 37.7 Å². The molecule has 0 aliphatic carbocycles. The number of rotatable bonds is 9. The van der Waals surface area contributed by atoms with Gasteiger partial charge in [0.05, 0.1) is 11.2 Å². The lowest BCUT2D eigenvalue weighted by Gasteiger charge is -2.15. The van der Waals surface area contributed by atoms with Crippen LogP contribution in [0.15, 0.2) is 30.3 Å². The minimum atomic E-state index is -0.846. The number of aliphatic carboxylic acids is 1. The maximum Gasteiger partial charge on any atom is 0.308 e. The number of carboxylic acids is 1. The van der Waals surface area contributed by atoms with E-state index >= 15 is 0 Å². The highest BCUT2D eigenvalue weighted by molar-refractivity contribution is 7.99. The third-order valence-electron chi connectivity index (χ3n) is 3.22. The van der Waals surface area contributed by atoms with Crippen LogP contribution in [-0.4, -0.2) is 28.8 Å². The van der Waals surface area contributed by atoms with Gasteiger partial charge in [0.15, 0.2) is 0 Å². The lowest BCUT2D eigenvalue weighted by Crippen LogP contribution is -2.37. The number of hydrogen-bond acceptors (Lipinski definition) is 3. The molecule has 116 valence electrons. The van der Waals surface area contributed by atoms with Crippen LogP contribution < -0.4 is 5.32 Å². The molecule has 1 aromatic rings. The third-order valence-corrected chi connectivity index (χ3v) is 4.44. The van der Waals surface area contributed by atoms with Crippen molar-refractivity contribution in [2.75, 3.05) is 6.54 Å². The first-order valence-electron chi connectivity index (χ1n) is 7.20. The summed E-state index contributed by atoms with van der Waals surface area (Å²) in [6.45, 7) is 3.99. The van der Waals surface area contributed by atoms with E-state index in [4.69, 9.17) is 5.11 Å². The Morgan fingerprint density at radius 1 is 1.29 bits per heavy atom. The highest BCUT2D eigenvalue weighted by Crippen LogP contribution is 2.17. The molecule has 1 amide bonds. The molecule has 21 heavy (non-hydrogen) atoms. The number of amides is 1. The summed E-state index contributed by atoms with van der Waals surface area (Å²) in [6.07, 6.45) is 1.38. The number of thioether (sulfide) groups is 1. The molecule has 2 atom stereocenters. The Morgan fingerprint density at radius 3 is 2.52 bits per heavy atom. The average molecular weight is 309 g/mol. The van der Waals surface area contributed by atoms with Gasteiger partial charge in [-0.1, -0.05) is 43.7 Å². The van der Waals surface area contributed by atoms with E-state index in [-0.39, 0.29) is 17.7 Å². The van der Waals surface area contributed by atoms with Gasteiger partial charge in [-0.05, 0) is 18.9 Å². The predicted molar refractivity (Wildman–Crippen MR) is 86.2 cm³/mol. The number of carbonyl (C=O) groups excluding carboxylic acids is 1. The lowest BCUT2D eigenvalue weighted by atomic mass is 10.0. The SMILES string of the molecule is CCCC(CNC(=O)C(C)SCc1ccccc1)C(=O)O. The Kier molecular flexibility index (Phi) is 7.90. The van der Waals surface area contributed by atoms with Gasteiger partial charge in [-0.25, -0.2) is 0 Å². The number of benzene rings is 1. The van der Waals surface area contributed by atoms with Crippen LogP contribution in [0.1, 0.15) is 32.3 Å². The maximum atomic E-state index is 12.0. The lowest BCUT2D eigenvalue weighted by molar-refractivity contribution is -0.141. The van der Waals surface area contributed by atoms with Crippen molar-refractivity contribution >= 4 is 23.6 Å². The van der Waals surface area contributed by atoms with Crippen molar-refractivity contribution in [3.05, 3.63) is 35.9 Å². The zero-order valence-electron chi connectivity index (χ0n) is 12.5.